The van der Waals surface area contributed by atoms with E-state index in [1.54, 1.807) is 12.1 Å². The van der Waals surface area contributed by atoms with Gasteiger partial charge in [-0.2, -0.15) is 0 Å². The Morgan fingerprint density at radius 3 is 1.78 bits per heavy atom. The second-order valence-electron chi connectivity index (χ2n) is 11.5. The Bertz CT molecular complexity index is 665. The highest BCUT2D eigenvalue weighted by atomic mass is 19.1. The fraction of sp³-hybridized carbons (Fsp3) is 0.742. The summed E-state index contributed by atoms with van der Waals surface area (Å²) in [4.78, 5) is 0. The normalized spacial score (nSPS) is 34.1. The number of unbranched alkanes of at least 4 members (excludes halogenated alkanes) is 2. The Kier molecular flexibility index (Phi) is 9.30. The van der Waals surface area contributed by atoms with E-state index in [1.165, 1.54) is 108 Å². The second-order valence-corrected chi connectivity index (χ2v) is 11.5. The van der Waals surface area contributed by atoms with Gasteiger partial charge >= 0.3 is 0 Å². The van der Waals surface area contributed by atoms with Crippen molar-refractivity contribution in [1.82, 2.24) is 0 Å². The molecule has 3 fully saturated rings. The Morgan fingerprint density at radius 2 is 1.22 bits per heavy atom. The first-order chi connectivity index (χ1) is 15.7. The third-order valence-electron chi connectivity index (χ3n) is 9.36. The van der Waals surface area contributed by atoms with Crippen molar-refractivity contribution in [2.24, 2.45) is 29.6 Å². The standard InChI is InChI=1S/C31H47F/c1-2-3-4-5-24-8-14-27(15-9-24)28-16-10-25(11-17-28)6-7-26-12-18-29(19-13-26)30-20-22-31(32)23-21-30/h6-7,20-29H,2-5,8-19H2,1H3/b7-6+/t24-,25?,26-,27-,28?,29-. The van der Waals surface area contributed by atoms with Crippen LogP contribution in [0.2, 0.25) is 0 Å². The van der Waals surface area contributed by atoms with Crippen molar-refractivity contribution in [2.75, 3.05) is 0 Å². The zero-order valence-electron chi connectivity index (χ0n) is 20.6. The molecule has 0 aromatic heterocycles. The summed E-state index contributed by atoms with van der Waals surface area (Å²) in [5, 5.41) is 0. The summed E-state index contributed by atoms with van der Waals surface area (Å²) in [5.41, 5.74) is 1.34. The minimum absolute atomic E-state index is 0.116. The topological polar surface area (TPSA) is 0 Å². The van der Waals surface area contributed by atoms with Crippen LogP contribution in [0.5, 0.6) is 0 Å². The quantitative estimate of drug-likeness (QED) is 0.280. The number of hydrogen-bond donors (Lipinski definition) is 0. The van der Waals surface area contributed by atoms with Crippen LogP contribution in [0.15, 0.2) is 36.4 Å². The fourth-order valence-corrected chi connectivity index (χ4v) is 7.13. The van der Waals surface area contributed by atoms with E-state index in [2.05, 4.69) is 19.1 Å². The first kappa shape index (κ1) is 24.0. The first-order valence-corrected chi connectivity index (χ1v) is 14.1. The van der Waals surface area contributed by atoms with Crippen LogP contribution in [0, 0.1) is 35.4 Å². The van der Waals surface area contributed by atoms with Gasteiger partial charge in [-0.3, -0.25) is 0 Å². The Morgan fingerprint density at radius 1 is 0.688 bits per heavy atom. The molecule has 0 nitrogen and oxygen atoms in total. The highest BCUT2D eigenvalue weighted by Gasteiger charge is 2.30. The molecule has 0 unspecified atom stereocenters. The van der Waals surface area contributed by atoms with Gasteiger partial charge in [0.15, 0.2) is 0 Å². The lowest BCUT2D eigenvalue weighted by Gasteiger charge is -2.37. The maximum Gasteiger partial charge on any atom is 0.123 e. The molecule has 3 aliphatic carbocycles. The third kappa shape index (κ3) is 6.94. The van der Waals surface area contributed by atoms with Crippen LogP contribution in [0.3, 0.4) is 0 Å². The molecule has 3 saturated carbocycles. The van der Waals surface area contributed by atoms with E-state index < -0.39 is 0 Å². The van der Waals surface area contributed by atoms with Gasteiger partial charge in [0.2, 0.25) is 0 Å². The molecule has 32 heavy (non-hydrogen) atoms. The van der Waals surface area contributed by atoms with Crippen LogP contribution in [0.25, 0.3) is 0 Å². The van der Waals surface area contributed by atoms with Gasteiger partial charge in [-0.05, 0) is 117 Å². The predicted octanol–water partition coefficient (Wildman–Crippen LogP) is 9.85. The Labute approximate surface area is 197 Å². The van der Waals surface area contributed by atoms with Crippen LogP contribution in [0.1, 0.15) is 121 Å². The van der Waals surface area contributed by atoms with Crippen molar-refractivity contribution in [3.05, 3.63) is 47.8 Å². The molecule has 0 spiro atoms. The van der Waals surface area contributed by atoms with E-state index in [4.69, 9.17) is 0 Å². The number of benzene rings is 1. The Hall–Kier alpha value is -1.11. The van der Waals surface area contributed by atoms with Gasteiger partial charge in [-0.25, -0.2) is 4.39 Å². The first-order valence-electron chi connectivity index (χ1n) is 14.1. The van der Waals surface area contributed by atoms with Crippen molar-refractivity contribution in [2.45, 2.75) is 116 Å². The van der Waals surface area contributed by atoms with Crippen LogP contribution in [0.4, 0.5) is 4.39 Å². The minimum atomic E-state index is -0.116. The van der Waals surface area contributed by atoms with Crippen LogP contribution in [-0.2, 0) is 0 Å². The second kappa shape index (κ2) is 12.4. The highest BCUT2D eigenvalue weighted by Crippen LogP contribution is 2.43. The fourth-order valence-electron chi connectivity index (χ4n) is 7.13. The molecule has 0 atom stereocenters. The number of rotatable bonds is 8. The minimum Gasteiger partial charge on any atom is -0.207 e. The maximum atomic E-state index is 13.2. The molecule has 0 N–H and O–H groups in total. The van der Waals surface area contributed by atoms with Crippen molar-refractivity contribution in [3.8, 4) is 0 Å². The van der Waals surface area contributed by atoms with Crippen molar-refractivity contribution in [1.29, 1.82) is 0 Å². The molecule has 0 heterocycles. The van der Waals surface area contributed by atoms with E-state index >= 15 is 0 Å². The molecular weight excluding hydrogens is 391 g/mol. The lowest BCUT2D eigenvalue weighted by molar-refractivity contribution is 0.151. The van der Waals surface area contributed by atoms with Gasteiger partial charge in [0.1, 0.15) is 5.82 Å². The lowest BCUT2D eigenvalue weighted by atomic mass is 9.68. The zero-order valence-corrected chi connectivity index (χ0v) is 20.6. The molecule has 0 radical (unpaired) electrons. The van der Waals surface area contributed by atoms with Gasteiger partial charge in [0, 0.05) is 0 Å². The van der Waals surface area contributed by atoms with E-state index in [0.717, 1.165) is 29.6 Å². The molecule has 178 valence electrons. The number of halogens is 1. The van der Waals surface area contributed by atoms with Crippen molar-refractivity contribution in [3.63, 3.8) is 0 Å². The van der Waals surface area contributed by atoms with Crippen LogP contribution >= 0.6 is 0 Å². The zero-order chi connectivity index (χ0) is 22.2. The third-order valence-corrected chi connectivity index (χ3v) is 9.36. The lowest BCUT2D eigenvalue weighted by Crippen LogP contribution is -2.25. The SMILES string of the molecule is CCCCC[C@H]1CC[C@H](C2CCC(/C=C/[C@H]3CC[C@H](c4ccc(F)cc4)CC3)CC2)CC1. The van der Waals surface area contributed by atoms with Crippen LogP contribution < -0.4 is 0 Å². The summed E-state index contributed by atoms with van der Waals surface area (Å²) in [6, 6.07) is 7.23. The highest BCUT2D eigenvalue weighted by molar-refractivity contribution is 5.21. The molecule has 1 aromatic rings. The molecule has 3 aliphatic rings. The summed E-state index contributed by atoms with van der Waals surface area (Å²) in [6.45, 7) is 2.32. The summed E-state index contributed by atoms with van der Waals surface area (Å²) in [7, 11) is 0. The predicted molar refractivity (Wildman–Crippen MR) is 135 cm³/mol. The number of allylic oxidation sites excluding steroid dienone is 2. The van der Waals surface area contributed by atoms with Crippen molar-refractivity contribution < 1.29 is 4.39 Å². The summed E-state index contributed by atoms with van der Waals surface area (Å²) < 4.78 is 13.2. The van der Waals surface area contributed by atoms with Gasteiger partial charge in [-0.1, -0.05) is 69.7 Å². The Balaban J connectivity index is 1.13. The van der Waals surface area contributed by atoms with Crippen LogP contribution in [-0.4, -0.2) is 0 Å². The summed E-state index contributed by atoms with van der Waals surface area (Å²) in [6.07, 6.45) is 28.0. The maximum absolute atomic E-state index is 13.2. The van der Waals surface area contributed by atoms with E-state index in [9.17, 15) is 4.39 Å². The molecule has 0 aliphatic heterocycles. The van der Waals surface area contributed by atoms with E-state index in [0.29, 0.717) is 5.92 Å². The smallest absolute Gasteiger partial charge is 0.123 e. The van der Waals surface area contributed by atoms with Gasteiger partial charge in [0.25, 0.3) is 0 Å². The van der Waals surface area contributed by atoms with Gasteiger partial charge in [-0.15, -0.1) is 0 Å². The molecule has 4 rings (SSSR count). The van der Waals surface area contributed by atoms with Gasteiger partial charge in [0.05, 0.1) is 0 Å². The van der Waals surface area contributed by atoms with E-state index in [1.807, 2.05) is 12.1 Å². The monoisotopic (exact) mass is 438 g/mol. The molecule has 1 heteroatoms. The average molecular weight is 439 g/mol. The molecule has 1 aromatic carbocycles. The average Bonchev–Trinajstić information content (AvgIpc) is 2.85. The molecule has 0 saturated heterocycles. The van der Waals surface area contributed by atoms with Gasteiger partial charge < -0.3 is 0 Å². The molecular formula is C31H47F. The summed E-state index contributed by atoms with van der Waals surface area (Å²) in [5.74, 6) is 5.26. The molecule has 0 bridgehead atoms. The number of hydrogen-bond acceptors (Lipinski definition) is 0. The largest absolute Gasteiger partial charge is 0.207 e. The summed E-state index contributed by atoms with van der Waals surface area (Å²) >= 11 is 0. The van der Waals surface area contributed by atoms with E-state index in [-0.39, 0.29) is 5.82 Å². The molecule has 0 amide bonds. The van der Waals surface area contributed by atoms with Crippen molar-refractivity contribution >= 4 is 0 Å².